The first-order valence-electron chi connectivity index (χ1n) is 10.3. The summed E-state index contributed by atoms with van der Waals surface area (Å²) >= 11 is 1.52. The monoisotopic (exact) mass is 425 g/mol. The summed E-state index contributed by atoms with van der Waals surface area (Å²) in [6, 6.07) is 15.9. The fourth-order valence-corrected chi connectivity index (χ4v) is 5.03. The molecule has 0 bridgehead atoms. The SMILES string of the molecule is COc1cccc([C@@H](CNC(=O)CN2C(=O)CSc3ccccc32)N2CCCC2)c1. The first-order valence-corrected chi connectivity index (χ1v) is 11.3. The molecule has 2 heterocycles. The summed E-state index contributed by atoms with van der Waals surface area (Å²) in [4.78, 5) is 30.3. The van der Waals surface area contributed by atoms with Gasteiger partial charge in [-0.1, -0.05) is 24.3 Å². The molecule has 1 N–H and O–H groups in total. The third-order valence-corrected chi connectivity index (χ3v) is 6.71. The Morgan fingerprint density at radius 1 is 1.17 bits per heavy atom. The summed E-state index contributed by atoms with van der Waals surface area (Å²) in [7, 11) is 1.66. The van der Waals surface area contributed by atoms with Gasteiger partial charge in [0.25, 0.3) is 0 Å². The van der Waals surface area contributed by atoms with Crippen molar-refractivity contribution in [3.05, 3.63) is 54.1 Å². The van der Waals surface area contributed by atoms with Gasteiger partial charge in [-0.2, -0.15) is 0 Å². The lowest BCUT2D eigenvalue weighted by molar-refractivity contribution is -0.123. The van der Waals surface area contributed by atoms with Crippen LogP contribution in [0.1, 0.15) is 24.4 Å². The number of methoxy groups -OCH3 is 1. The number of benzene rings is 2. The molecule has 30 heavy (non-hydrogen) atoms. The topological polar surface area (TPSA) is 61.9 Å². The van der Waals surface area contributed by atoms with Crippen molar-refractivity contribution in [3.63, 3.8) is 0 Å². The van der Waals surface area contributed by atoms with Gasteiger partial charge in [-0.25, -0.2) is 0 Å². The van der Waals surface area contributed by atoms with Gasteiger partial charge in [0.1, 0.15) is 12.3 Å². The Morgan fingerprint density at radius 3 is 2.77 bits per heavy atom. The van der Waals surface area contributed by atoms with Crippen molar-refractivity contribution < 1.29 is 14.3 Å². The zero-order chi connectivity index (χ0) is 20.9. The number of fused-ring (bicyclic) bond motifs is 1. The molecule has 0 unspecified atom stereocenters. The number of anilines is 1. The lowest BCUT2D eigenvalue weighted by Crippen LogP contribution is -2.45. The maximum atomic E-state index is 12.8. The van der Waals surface area contributed by atoms with Crippen LogP contribution in [-0.2, 0) is 9.59 Å². The van der Waals surface area contributed by atoms with Crippen LogP contribution in [0.4, 0.5) is 5.69 Å². The molecular formula is C23H27N3O3S. The van der Waals surface area contributed by atoms with Gasteiger partial charge in [-0.15, -0.1) is 11.8 Å². The van der Waals surface area contributed by atoms with Gasteiger partial charge in [0.05, 0.1) is 24.6 Å². The molecule has 0 spiro atoms. The normalized spacial score (nSPS) is 17.5. The summed E-state index contributed by atoms with van der Waals surface area (Å²) in [6.45, 7) is 2.59. The van der Waals surface area contributed by atoms with Crippen molar-refractivity contribution >= 4 is 29.3 Å². The number of para-hydroxylation sites is 1. The van der Waals surface area contributed by atoms with Crippen LogP contribution in [-0.4, -0.2) is 55.8 Å². The Bertz CT molecular complexity index is 914. The maximum Gasteiger partial charge on any atom is 0.240 e. The molecule has 6 nitrogen and oxygen atoms in total. The van der Waals surface area contributed by atoms with Crippen molar-refractivity contribution in [1.82, 2.24) is 10.2 Å². The average molecular weight is 426 g/mol. The minimum Gasteiger partial charge on any atom is -0.497 e. The largest absolute Gasteiger partial charge is 0.497 e. The van der Waals surface area contributed by atoms with E-state index in [0.29, 0.717) is 12.3 Å². The van der Waals surface area contributed by atoms with E-state index >= 15 is 0 Å². The van der Waals surface area contributed by atoms with Crippen LogP contribution in [0.5, 0.6) is 5.75 Å². The summed E-state index contributed by atoms with van der Waals surface area (Å²) < 4.78 is 5.39. The van der Waals surface area contributed by atoms with E-state index in [4.69, 9.17) is 4.74 Å². The summed E-state index contributed by atoms with van der Waals surface area (Å²) in [5, 5.41) is 3.07. The molecule has 0 aliphatic carbocycles. The summed E-state index contributed by atoms with van der Waals surface area (Å²) in [6.07, 6.45) is 2.34. The number of thioether (sulfide) groups is 1. The molecule has 2 aliphatic heterocycles. The van der Waals surface area contributed by atoms with E-state index < -0.39 is 0 Å². The molecule has 2 aromatic carbocycles. The first kappa shape index (κ1) is 20.8. The maximum absolute atomic E-state index is 12.8. The molecule has 7 heteroatoms. The Labute approximate surface area is 181 Å². The second kappa shape index (κ2) is 9.53. The number of likely N-dealkylation sites (tertiary alicyclic amines) is 1. The fraction of sp³-hybridized carbons (Fsp3) is 0.391. The zero-order valence-corrected chi connectivity index (χ0v) is 18.0. The molecule has 2 aromatic rings. The van der Waals surface area contributed by atoms with E-state index in [1.807, 2.05) is 42.5 Å². The highest BCUT2D eigenvalue weighted by Gasteiger charge is 2.28. The van der Waals surface area contributed by atoms with Gasteiger partial charge in [0, 0.05) is 11.4 Å². The predicted molar refractivity (Wildman–Crippen MR) is 119 cm³/mol. The smallest absolute Gasteiger partial charge is 0.240 e. The van der Waals surface area contributed by atoms with Crippen LogP contribution in [0.3, 0.4) is 0 Å². The van der Waals surface area contributed by atoms with Gasteiger partial charge in [0.2, 0.25) is 11.8 Å². The lowest BCUT2D eigenvalue weighted by Gasteiger charge is -2.30. The lowest BCUT2D eigenvalue weighted by atomic mass is 10.0. The Kier molecular flexibility index (Phi) is 6.59. The van der Waals surface area contributed by atoms with Crippen LogP contribution in [0.25, 0.3) is 0 Å². The molecule has 2 aliphatic rings. The van der Waals surface area contributed by atoms with Gasteiger partial charge in [0.15, 0.2) is 0 Å². The Balaban J connectivity index is 1.44. The molecule has 0 saturated carbocycles. The predicted octanol–water partition coefficient (Wildman–Crippen LogP) is 3.09. The van der Waals surface area contributed by atoms with Crippen LogP contribution < -0.4 is 15.0 Å². The Hall–Kier alpha value is -2.51. The number of hydrogen-bond donors (Lipinski definition) is 1. The molecule has 1 atom stereocenters. The van der Waals surface area contributed by atoms with Gasteiger partial charge >= 0.3 is 0 Å². The summed E-state index contributed by atoms with van der Waals surface area (Å²) in [5.74, 6) is 1.01. The first-order chi connectivity index (χ1) is 14.7. The fourth-order valence-electron chi connectivity index (χ4n) is 4.10. The Morgan fingerprint density at radius 2 is 1.97 bits per heavy atom. The molecule has 0 aromatic heterocycles. The van der Waals surface area contributed by atoms with E-state index in [0.717, 1.165) is 35.0 Å². The summed E-state index contributed by atoms with van der Waals surface area (Å²) in [5.41, 5.74) is 1.95. The van der Waals surface area contributed by atoms with Crippen LogP contribution in [0, 0.1) is 0 Å². The number of carbonyl (C=O) groups is 2. The van der Waals surface area contributed by atoms with E-state index in [9.17, 15) is 9.59 Å². The van der Waals surface area contributed by atoms with Crippen molar-refractivity contribution in [3.8, 4) is 5.75 Å². The number of rotatable bonds is 7. The number of hydrogen-bond acceptors (Lipinski definition) is 5. The second-order valence-electron chi connectivity index (χ2n) is 7.58. The number of nitrogens with zero attached hydrogens (tertiary/aromatic N) is 2. The van der Waals surface area contributed by atoms with E-state index in [1.54, 1.807) is 12.0 Å². The average Bonchev–Trinajstić information content (AvgIpc) is 3.30. The van der Waals surface area contributed by atoms with Gasteiger partial charge < -0.3 is 15.0 Å². The molecule has 1 saturated heterocycles. The number of carbonyl (C=O) groups excluding carboxylic acids is 2. The molecule has 158 valence electrons. The molecule has 2 amide bonds. The van der Waals surface area contributed by atoms with E-state index in [2.05, 4.69) is 16.3 Å². The molecule has 0 radical (unpaired) electrons. The molecule has 1 fully saturated rings. The van der Waals surface area contributed by atoms with Gasteiger partial charge in [-0.05, 0) is 55.8 Å². The van der Waals surface area contributed by atoms with E-state index in [1.165, 1.54) is 24.6 Å². The highest BCUT2D eigenvalue weighted by atomic mass is 32.2. The van der Waals surface area contributed by atoms with Crippen molar-refractivity contribution in [2.75, 3.05) is 43.9 Å². The quantitative estimate of drug-likeness (QED) is 0.739. The third kappa shape index (κ3) is 4.63. The molecule has 4 rings (SSSR count). The number of amides is 2. The highest BCUT2D eigenvalue weighted by Crippen LogP contribution is 2.34. The van der Waals surface area contributed by atoms with Gasteiger partial charge in [-0.3, -0.25) is 14.5 Å². The minimum absolute atomic E-state index is 0.0299. The van der Waals surface area contributed by atoms with Crippen molar-refractivity contribution in [2.45, 2.75) is 23.8 Å². The zero-order valence-electron chi connectivity index (χ0n) is 17.2. The number of ether oxygens (including phenoxy) is 1. The second-order valence-corrected chi connectivity index (χ2v) is 8.59. The highest BCUT2D eigenvalue weighted by molar-refractivity contribution is 8.00. The van der Waals surface area contributed by atoms with Crippen LogP contribution in [0.2, 0.25) is 0 Å². The van der Waals surface area contributed by atoms with Crippen molar-refractivity contribution in [2.24, 2.45) is 0 Å². The van der Waals surface area contributed by atoms with E-state index in [-0.39, 0.29) is 24.4 Å². The van der Waals surface area contributed by atoms with Crippen LogP contribution in [0.15, 0.2) is 53.4 Å². The standard InChI is InChI=1S/C23H27N3O3S/c1-29-18-8-6-7-17(13-18)20(25-11-4-5-12-25)14-24-22(27)15-26-19-9-2-3-10-21(19)30-16-23(26)28/h2-3,6-10,13,20H,4-5,11-12,14-16H2,1H3,(H,24,27)/t20-/m1/s1. The van der Waals surface area contributed by atoms with Crippen molar-refractivity contribution in [1.29, 1.82) is 0 Å². The van der Waals surface area contributed by atoms with Crippen LogP contribution >= 0.6 is 11.8 Å². The molecular weight excluding hydrogens is 398 g/mol. The number of nitrogens with one attached hydrogen (secondary N) is 1. The third-order valence-electron chi connectivity index (χ3n) is 5.66. The minimum atomic E-state index is -0.142.